The SMILES string of the molecule is Nc1nc(-c2ccc([N+](=O)[O-])o2)nc2c1CCO2. The number of nitrogens with zero attached hydrogens (tertiary/aromatic N) is 3. The van der Waals surface area contributed by atoms with Crippen LogP contribution >= 0.6 is 0 Å². The molecule has 0 aliphatic carbocycles. The second-order valence-corrected chi connectivity index (χ2v) is 3.71. The molecule has 2 aromatic rings. The van der Waals surface area contributed by atoms with Crippen LogP contribution in [-0.4, -0.2) is 21.5 Å². The lowest BCUT2D eigenvalue weighted by Gasteiger charge is -2.02. The molecule has 92 valence electrons. The number of anilines is 1. The molecule has 0 radical (unpaired) electrons. The van der Waals surface area contributed by atoms with Gasteiger partial charge in [-0.3, -0.25) is 10.1 Å². The molecule has 8 nitrogen and oxygen atoms in total. The second kappa shape index (κ2) is 3.69. The third kappa shape index (κ3) is 1.54. The van der Waals surface area contributed by atoms with E-state index in [1.54, 1.807) is 0 Å². The van der Waals surface area contributed by atoms with Crippen LogP contribution < -0.4 is 10.5 Å². The molecule has 0 bridgehead atoms. The van der Waals surface area contributed by atoms with Gasteiger partial charge in [0, 0.05) is 6.42 Å². The maximum Gasteiger partial charge on any atom is 0.433 e. The minimum Gasteiger partial charge on any atom is -0.477 e. The first-order chi connectivity index (χ1) is 8.65. The van der Waals surface area contributed by atoms with Crippen molar-refractivity contribution in [3.8, 4) is 17.5 Å². The largest absolute Gasteiger partial charge is 0.477 e. The predicted molar refractivity (Wildman–Crippen MR) is 60.0 cm³/mol. The molecule has 0 amide bonds. The zero-order chi connectivity index (χ0) is 12.7. The summed E-state index contributed by atoms with van der Waals surface area (Å²) in [5.74, 6) is 0.727. The van der Waals surface area contributed by atoms with E-state index in [9.17, 15) is 10.1 Å². The van der Waals surface area contributed by atoms with Crippen LogP contribution in [0.3, 0.4) is 0 Å². The highest BCUT2D eigenvalue weighted by atomic mass is 16.6. The highest BCUT2D eigenvalue weighted by molar-refractivity contribution is 5.57. The van der Waals surface area contributed by atoms with E-state index < -0.39 is 4.92 Å². The summed E-state index contributed by atoms with van der Waals surface area (Å²) in [4.78, 5) is 18.1. The van der Waals surface area contributed by atoms with Crippen molar-refractivity contribution in [2.45, 2.75) is 6.42 Å². The highest BCUT2D eigenvalue weighted by Crippen LogP contribution is 2.31. The Morgan fingerprint density at radius 3 is 2.94 bits per heavy atom. The van der Waals surface area contributed by atoms with Crippen LogP contribution in [0.1, 0.15) is 5.56 Å². The van der Waals surface area contributed by atoms with Gasteiger partial charge in [0.1, 0.15) is 10.7 Å². The van der Waals surface area contributed by atoms with E-state index in [1.165, 1.54) is 12.1 Å². The summed E-state index contributed by atoms with van der Waals surface area (Å²) in [6, 6.07) is 2.66. The highest BCUT2D eigenvalue weighted by Gasteiger charge is 2.22. The quantitative estimate of drug-likeness (QED) is 0.625. The Morgan fingerprint density at radius 2 is 2.22 bits per heavy atom. The molecule has 18 heavy (non-hydrogen) atoms. The van der Waals surface area contributed by atoms with E-state index in [2.05, 4.69) is 9.97 Å². The van der Waals surface area contributed by atoms with Crippen molar-refractivity contribution in [2.75, 3.05) is 12.3 Å². The Morgan fingerprint density at radius 1 is 1.39 bits per heavy atom. The summed E-state index contributed by atoms with van der Waals surface area (Å²) in [5, 5.41) is 10.5. The van der Waals surface area contributed by atoms with Crippen LogP contribution in [0, 0.1) is 10.1 Å². The van der Waals surface area contributed by atoms with Gasteiger partial charge in [-0.1, -0.05) is 0 Å². The lowest BCUT2D eigenvalue weighted by atomic mass is 10.2. The fraction of sp³-hybridized carbons (Fsp3) is 0.200. The minimum atomic E-state index is -0.628. The Hall–Kier alpha value is -2.64. The minimum absolute atomic E-state index is 0.182. The van der Waals surface area contributed by atoms with Crippen LogP contribution in [0.2, 0.25) is 0 Å². The Balaban J connectivity index is 2.06. The molecule has 0 atom stereocenters. The van der Waals surface area contributed by atoms with Gasteiger partial charge in [0.15, 0.2) is 5.76 Å². The average molecular weight is 248 g/mol. The molecule has 1 aliphatic rings. The number of hydrogen-bond acceptors (Lipinski definition) is 7. The number of aromatic nitrogens is 2. The summed E-state index contributed by atoms with van der Waals surface area (Å²) < 4.78 is 10.3. The summed E-state index contributed by atoms with van der Waals surface area (Å²) in [6.45, 7) is 0.510. The predicted octanol–water partition coefficient (Wildman–Crippen LogP) is 1.16. The number of hydrogen-bond donors (Lipinski definition) is 1. The lowest BCUT2D eigenvalue weighted by molar-refractivity contribution is -0.401. The first-order valence-corrected chi connectivity index (χ1v) is 5.19. The fourth-order valence-corrected chi connectivity index (χ4v) is 1.74. The van der Waals surface area contributed by atoms with Crippen LogP contribution in [0.5, 0.6) is 5.88 Å². The van der Waals surface area contributed by atoms with Gasteiger partial charge in [0.05, 0.1) is 18.2 Å². The molecule has 1 aliphatic heterocycles. The van der Waals surface area contributed by atoms with Crippen molar-refractivity contribution in [3.05, 3.63) is 27.8 Å². The number of furan rings is 1. The molecule has 3 heterocycles. The van der Waals surface area contributed by atoms with Crippen molar-refractivity contribution < 1.29 is 14.1 Å². The molecule has 3 rings (SSSR count). The maximum absolute atomic E-state index is 10.5. The lowest BCUT2D eigenvalue weighted by Crippen LogP contribution is -1.99. The van der Waals surface area contributed by atoms with Gasteiger partial charge >= 0.3 is 5.88 Å². The summed E-state index contributed by atoms with van der Waals surface area (Å²) in [6.07, 6.45) is 0.666. The van der Waals surface area contributed by atoms with Crippen LogP contribution in [0.4, 0.5) is 11.7 Å². The second-order valence-electron chi connectivity index (χ2n) is 3.71. The number of rotatable bonds is 2. The smallest absolute Gasteiger partial charge is 0.433 e. The summed E-state index contributed by atoms with van der Waals surface area (Å²) in [5.41, 5.74) is 6.53. The molecule has 2 aromatic heterocycles. The van der Waals surface area contributed by atoms with Gasteiger partial charge < -0.3 is 14.9 Å². The van der Waals surface area contributed by atoms with Gasteiger partial charge in [0.25, 0.3) is 0 Å². The molecule has 0 aromatic carbocycles. The van der Waals surface area contributed by atoms with E-state index in [1.807, 2.05) is 0 Å². The molecule has 0 unspecified atom stereocenters. The van der Waals surface area contributed by atoms with Crippen molar-refractivity contribution in [1.82, 2.24) is 9.97 Å². The average Bonchev–Trinajstić information content (AvgIpc) is 2.97. The van der Waals surface area contributed by atoms with E-state index in [0.29, 0.717) is 24.7 Å². The molecule has 0 saturated carbocycles. The number of nitrogens with two attached hydrogens (primary N) is 1. The molecule has 8 heteroatoms. The normalized spacial score (nSPS) is 13.1. The van der Waals surface area contributed by atoms with E-state index >= 15 is 0 Å². The zero-order valence-corrected chi connectivity index (χ0v) is 9.12. The summed E-state index contributed by atoms with van der Waals surface area (Å²) >= 11 is 0. The van der Waals surface area contributed by atoms with Crippen molar-refractivity contribution in [3.63, 3.8) is 0 Å². The van der Waals surface area contributed by atoms with Crippen molar-refractivity contribution in [2.24, 2.45) is 0 Å². The maximum atomic E-state index is 10.5. The van der Waals surface area contributed by atoms with Gasteiger partial charge in [-0.05, 0) is 6.07 Å². The van der Waals surface area contributed by atoms with Crippen LogP contribution in [0.15, 0.2) is 16.5 Å². The number of ether oxygens (including phenoxy) is 1. The first-order valence-electron chi connectivity index (χ1n) is 5.19. The van der Waals surface area contributed by atoms with Crippen LogP contribution in [0.25, 0.3) is 11.6 Å². The number of nitro groups is 1. The molecular formula is C10H8N4O4. The zero-order valence-electron chi connectivity index (χ0n) is 9.12. The molecule has 2 N–H and O–H groups in total. The third-order valence-corrected chi connectivity index (χ3v) is 2.58. The van der Waals surface area contributed by atoms with E-state index in [0.717, 1.165) is 5.56 Å². The molecular weight excluding hydrogens is 240 g/mol. The first kappa shape index (κ1) is 10.5. The summed E-state index contributed by atoms with van der Waals surface area (Å²) in [7, 11) is 0. The van der Waals surface area contributed by atoms with Gasteiger partial charge in [0.2, 0.25) is 11.7 Å². The topological polar surface area (TPSA) is 117 Å². The fourth-order valence-electron chi connectivity index (χ4n) is 1.74. The molecule has 0 spiro atoms. The van der Waals surface area contributed by atoms with Gasteiger partial charge in [-0.25, -0.2) is 4.98 Å². The van der Waals surface area contributed by atoms with Gasteiger partial charge in [-0.2, -0.15) is 4.98 Å². The standard InChI is InChI=1S/C10H8N4O4/c11-8-5-3-4-17-10(5)13-9(12-8)6-1-2-7(18-6)14(15)16/h1-2H,3-4H2,(H2,11,12,13). The van der Waals surface area contributed by atoms with Crippen molar-refractivity contribution >= 4 is 11.7 Å². The van der Waals surface area contributed by atoms with E-state index in [4.69, 9.17) is 14.9 Å². The third-order valence-electron chi connectivity index (χ3n) is 2.58. The van der Waals surface area contributed by atoms with Gasteiger partial charge in [-0.15, -0.1) is 0 Å². The van der Waals surface area contributed by atoms with Crippen LogP contribution in [-0.2, 0) is 6.42 Å². The Labute approximate surface area is 101 Å². The number of nitrogen functional groups attached to an aromatic ring is 1. The molecule has 0 fully saturated rings. The number of fused-ring (bicyclic) bond motifs is 1. The monoisotopic (exact) mass is 248 g/mol. The Bertz CT molecular complexity index is 637. The Kier molecular flexibility index (Phi) is 2.15. The van der Waals surface area contributed by atoms with E-state index in [-0.39, 0.29) is 17.5 Å². The van der Waals surface area contributed by atoms with Crippen molar-refractivity contribution in [1.29, 1.82) is 0 Å². The molecule has 0 saturated heterocycles.